The summed E-state index contributed by atoms with van der Waals surface area (Å²) in [7, 11) is 0. The number of nitrogens with one attached hydrogen (secondary N) is 1. The highest BCUT2D eigenvalue weighted by atomic mass is 79.9. The standard InChI is InChI=1S/C29H38BrClN6O.C2H6/c1-3-6-24(10-13-36-15-17-38-18-16-36)35-27-11-14-37(29-26(31)7-4-5-12-32-29)21-23(27)19-22(2)34-25-8-9-28(30)33-20-25;1-2/h4,6-9,12,20,22-23,34H,3,10-11,13-19,21H2,1-2H3;1-2H3/b24-6+,35-27?;. The molecule has 7 nitrogen and oxygen atoms in total. The predicted molar refractivity (Wildman–Crippen MR) is 172 cm³/mol. The van der Waals surface area contributed by atoms with E-state index in [0.717, 1.165) is 87.7 Å². The summed E-state index contributed by atoms with van der Waals surface area (Å²) < 4.78 is 6.35. The second-order valence-electron chi connectivity index (χ2n) is 9.88. The highest BCUT2D eigenvalue weighted by Gasteiger charge is 2.30. The molecule has 2 unspecified atom stereocenters. The van der Waals surface area contributed by atoms with Crippen LogP contribution in [0.1, 0.15) is 53.4 Å². The van der Waals surface area contributed by atoms with Crippen LogP contribution in [0.3, 0.4) is 0 Å². The van der Waals surface area contributed by atoms with Crippen LogP contribution in [0.5, 0.6) is 0 Å². The van der Waals surface area contributed by atoms with E-state index in [2.05, 4.69) is 66.7 Å². The Morgan fingerprint density at radius 3 is 2.83 bits per heavy atom. The number of aromatic nitrogens is 1. The first-order chi connectivity index (χ1) is 19.5. The minimum Gasteiger partial charge on any atom is -0.381 e. The molecule has 2 saturated heterocycles. The number of piperidine rings is 1. The van der Waals surface area contributed by atoms with Gasteiger partial charge in [-0.3, -0.25) is 9.89 Å². The molecule has 1 aromatic heterocycles. The second-order valence-corrected chi connectivity index (χ2v) is 11.1. The van der Waals surface area contributed by atoms with Gasteiger partial charge < -0.3 is 15.0 Å². The Morgan fingerprint density at radius 1 is 1.30 bits per heavy atom. The number of anilines is 1. The van der Waals surface area contributed by atoms with Gasteiger partial charge in [-0.1, -0.05) is 38.4 Å². The normalized spacial score (nSPS) is 21.8. The molecule has 0 amide bonds. The molecule has 0 bridgehead atoms. The molecule has 1 aromatic rings. The molecule has 1 N–H and O–H groups in total. The van der Waals surface area contributed by atoms with Crippen LogP contribution in [0, 0.1) is 5.92 Å². The number of likely N-dealkylation sites (tertiary alicyclic amines) is 1. The van der Waals surface area contributed by atoms with Crippen LogP contribution in [0.25, 0.3) is 0 Å². The molecule has 0 aliphatic carbocycles. The zero-order valence-electron chi connectivity index (χ0n) is 24.4. The smallest absolute Gasteiger partial charge is 0.148 e. The lowest BCUT2D eigenvalue weighted by Crippen LogP contribution is -2.45. The minimum atomic E-state index is 0.240. The lowest BCUT2D eigenvalue weighted by molar-refractivity contribution is 0.0384. The zero-order valence-corrected chi connectivity index (χ0v) is 26.7. The van der Waals surface area contributed by atoms with E-state index in [4.69, 9.17) is 21.3 Å². The van der Waals surface area contributed by atoms with Gasteiger partial charge in [0.15, 0.2) is 0 Å². The Bertz CT molecular complexity index is 1120. The number of rotatable bonds is 9. The molecule has 0 radical (unpaired) electrons. The maximum absolute atomic E-state index is 6.59. The van der Waals surface area contributed by atoms with Crippen molar-refractivity contribution in [1.29, 1.82) is 0 Å². The quantitative estimate of drug-likeness (QED) is 0.234. The van der Waals surface area contributed by atoms with Gasteiger partial charge in [-0.05, 0) is 60.0 Å². The van der Waals surface area contributed by atoms with Crippen LogP contribution < -0.4 is 5.32 Å². The summed E-state index contributed by atoms with van der Waals surface area (Å²) in [6.07, 6.45) is 13.3. The van der Waals surface area contributed by atoms with Gasteiger partial charge in [-0.2, -0.15) is 0 Å². The molecule has 218 valence electrons. The van der Waals surface area contributed by atoms with Crippen molar-refractivity contribution >= 4 is 44.8 Å². The number of hydrogen-bond acceptors (Lipinski definition) is 7. The third-order valence-electron chi connectivity index (χ3n) is 6.94. The van der Waals surface area contributed by atoms with Crippen molar-refractivity contribution in [2.24, 2.45) is 15.9 Å². The SMILES string of the molecule is CC.CC/C=C(\CCN1CCOCC1)N=C1CCN(C2=NC=C=CC=C2Cl)CC1CC(C)Nc1ccc(Br)nc1. The average Bonchev–Trinajstić information content (AvgIpc) is 3.19. The second kappa shape index (κ2) is 17.6. The molecule has 0 aromatic carbocycles. The molecule has 0 spiro atoms. The average molecular weight is 632 g/mol. The van der Waals surface area contributed by atoms with Gasteiger partial charge in [0, 0.05) is 68.9 Å². The molecule has 4 heterocycles. The van der Waals surface area contributed by atoms with E-state index in [9.17, 15) is 0 Å². The number of ether oxygens (including phenoxy) is 1. The van der Waals surface area contributed by atoms with Gasteiger partial charge in [0.05, 0.1) is 36.3 Å². The Labute approximate surface area is 254 Å². The predicted octanol–water partition coefficient (Wildman–Crippen LogP) is 7.04. The van der Waals surface area contributed by atoms with E-state index in [1.54, 1.807) is 6.20 Å². The first-order valence-electron chi connectivity index (χ1n) is 14.6. The molecule has 3 aliphatic heterocycles. The lowest BCUT2D eigenvalue weighted by atomic mass is 9.89. The number of hydrogen-bond donors (Lipinski definition) is 1. The summed E-state index contributed by atoms with van der Waals surface area (Å²) in [6, 6.07) is 4.25. The van der Waals surface area contributed by atoms with Gasteiger partial charge in [-0.15, -0.1) is 5.73 Å². The third-order valence-corrected chi connectivity index (χ3v) is 7.71. The van der Waals surface area contributed by atoms with E-state index in [-0.39, 0.29) is 12.0 Å². The monoisotopic (exact) mass is 630 g/mol. The van der Waals surface area contributed by atoms with Gasteiger partial charge in [-0.25, -0.2) is 9.98 Å². The Hall–Kier alpha value is -2.22. The Morgan fingerprint density at radius 2 is 2.10 bits per heavy atom. The van der Waals surface area contributed by atoms with Crippen molar-refractivity contribution < 1.29 is 4.74 Å². The molecule has 40 heavy (non-hydrogen) atoms. The zero-order chi connectivity index (χ0) is 28.7. The molecule has 9 heteroatoms. The number of halogens is 2. The largest absolute Gasteiger partial charge is 0.381 e. The van der Waals surface area contributed by atoms with Crippen molar-refractivity contribution in [2.75, 3.05) is 51.3 Å². The Balaban J connectivity index is 0.00000216. The summed E-state index contributed by atoms with van der Waals surface area (Å²) in [5, 5.41) is 4.27. The number of pyridine rings is 1. The summed E-state index contributed by atoms with van der Waals surface area (Å²) >= 11 is 10.0. The first-order valence-corrected chi connectivity index (χ1v) is 15.7. The molecule has 2 fully saturated rings. The fourth-order valence-electron chi connectivity index (χ4n) is 5.05. The van der Waals surface area contributed by atoms with Crippen LogP contribution in [0.15, 0.2) is 73.8 Å². The topological polar surface area (TPSA) is 65.3 Å². The molecular formula is C31H44BrClN6O. The van der Waals surface area contributed by atoms with Gasteiger partial charge in [0.2, 0.25) is 0 Å². The summed E-state index contributed by atoms with van der Waals surface area (Å²) in [4.78, 5) is 19.0. The van der Waals surface area contributed by atoms with Crippen LogP contribution in [0.4, 0.5) is 5.69 Å². The number of aliphatic imine (C=N–C) groups is 2. The van der Waals surface area contributed by atoms with Gasteiger partial charge in [0.25, 0.3) is 0 Å². The fourth-order valence-corrected chi connectivity index (χ4v) is 5.52. The number of amidine groups is 1. The summed E-state index contributed by atoms with van der Waals surface area (Å²) in [6.45, 7) is 14.7. The molecular weight excluding hydrogens is 588 g/mol. The van der Waals surface area contributed by atoms with Gasteiger partial charge in [0.1, 0.15) is 10.4 Å². The number of allylic oxidation sites excluding steroid dienone is 3. The van der Waals surface area contributed by atoms with Crippen LogP contribution in [-0.2, 0) is 4.74 Å². The fraction of sp³-hybridized carbons (Fsp3) is 0.548. The molecule has 3 aliphatic rings. The first kappa shape index (κ1) is 32.3. The number of morpholine rings is 1. The third kappa shape index (κ3) is 10.3. The van der Waals surface area contributed by atoms with Crippen molar-refractivity contribution in [3.8, 4) is 0 Å². The molecule has 0 saturated carbocycles. The maximum atomic E-state index is 6.59. The minimum absolute atomic E-state index is 0.240. The van der Waals surface area contributed by atoms with Crippen molar-refractivity contribution in [1.82, 2.24) is 14.8 Å². The van der Waals surface area contributed by atoms with Crippen molar-refractivity contribution in [2.45, 2.75) is 59.4 Å². The Kier molecular flexibility index (Phi) is 14.2. The molecule has 4 rings (SSSR count). The lowest BCUT2D eigenvalue weighted by Gasteiger charge is -2.37. The number of nitrogens with zero attached hydrogens (tertiary/aromatic N) is 5. The highest BCUT2D eigenvalue weighted by Crippen LogP contribution is 2.26. The highest BCUT2D eigenvalue weighted by molar-refractivity contribution is 9.10. The van der Waals surface area contributed by atoms with Crippen LogP contribution >= 0.6 is 27.5 Å². The maximum Gasteiger partial charge on any atom is 0.148 e. The van der Waals surface area contributed by atoms with E-state index >= 15 is 0 Å². The van der Waals surface area contributed by atoms with Gasteiger partial charge >= 0.3 is 0 Å². The summed E-state index contributed by atoms with van der Waals surface area (Å²) in [5.74, 6) is 1.08. The van der Waals surface area contributed by atoms with Crippen molar-refractivity contribution in [3.05, 3.63) is 63.8 Å². The van der Waals surface area contributed by atoms with E-state index in [1.807, 2.05) is 44.3 Å². The van der Waals surface area contributed by atoms with Crippen molar-refractivity contribution in [3.63, 3.8) is 0 Å². The van der Waals surface area contributed by atoms with E-state index in [1.165, 1.54) is 11.4 Å². The van der Waals surface area contributed by atoms with E-state index in [0.29, 0.717) is 5.03 Å². The summed E-state index contributed by atoms with van der Waals surface area (Å²) in [5.41, 5.74) is 6.51. The van der Waals surface area contributed by atoms with Crippen LogP contribution in [-0.4, -0.2) is 78.3 Å². The molecule has 2 atom stereocenters. The van der Waals surface area contributed by atoms with Crippen LogP contribution in [0.2, 0.25) is 0 Å². The van der Waals surface area contributed by atoms with E-state index < -0.39 is 0 Å².